The lowest BCUT2D eigenvalue weighted by Gasteiger charge is -2.21. The van der Waals surface area contributed by atoms with Gasteiger partial charge >= 0.3 is 0 Å². The highest BCUT2D eigenvalue weighted by molar-refractivity contribution is 9.10. The maximum atomic E-state index is 5.82. The summed E-state index contributed by atoms with van der Waals surface area (Å²) in [5.74, 6) is 0.977. The van der Waals surface area contributed by atoms with Crippen molar-refractivity contribution in [2.75, 3.05) is 11.4 Å². The summed E-state index contributed by atoms with van der Waals surface area (Å²) in [5.41, 5.74) is 9.52. The molecule has 3 nitrogen and oxygen atoms in total. The normalized spacial score (nSPS) is 13.8. The van der Waals surface area contributed by atoms with Crippen LogP contribution in [-0.2, 0) is 13.0 Å². The SMILES string of the molecule is NCc1cc(Br)cnc1N1CCc2ccccc21. The Morgan fingerprint density at radius 3 is 3.00 bits per heavy atom. The molecule has 92 valence electrons. The Morgan fingerprint density at radius 1 is 1.33 bits per heavy atom. The van der Waals surface area contributed by atoms with Crippen LogP contribution in [0.3, 0.4) is 0 Å². The largest absolute Gasteiger partial charge is 0.326 e. The van der Waals surface area contributed by atoms with Crippen molar-refractivity contribution < 1.29 is 0 Å². The van der Waals surface area contributed by atoms with Gasteiger partial charge in [0.05, 0.1) is 0 Å². The molecule has 1 aromatic heterocycles. The monoisotopic (exact) mass is 303 g/mol. The lowest BCUT2D eigenvalue weighted by molar-refractivity contribution is 0.940. The molecule has 1 aromatic carbocycles. The molecule has 0 fully saturated rings. The van der Waals surface area contributed by atoms with Crippen LogP contribution in [0, 0.1) is 0 Å². The van der Waals surface area contributed by atoms with Crippen LogP contribution in [0.4, 0.5) is 11.5 Å². The molecule has 2 heterocycles. The fraction of sp³-hybridized carbons (Fsp3) is 0.214. The number of fused-ring (bicyclic) bond motifs is 1. The molecular weight excluding hydrogens is 290 g/mol. The highest BCUT2D eigenvalue weighted by Gasteiger charge is 2.22. The van der Waals surface area contributed by atoms with Crippen LogP contribution in [0.2, 0.25) is 0 Å². The van der Waals surface area contributed by atoms with E-state index < -0.39 is 0 Å². The van der Waals surface area contributed by atoms with Crippen LogP contribution in [0.1, 0.15) is 11.1 Å². The Hall–Kier alpha value is -1.39. The Morgan fingerprint density at radius 2 is 2.17 bits per heavy atom. The van der Waals surface area contributed by atoms with Crippen molar-refractivity contribution in [3.63, 3.8) is 0 Å². The standard InChI is InChI=1S/C14H14BrN3/c15-12-7-11(8-16)14(17-9-12)18-6-5-10-3-1-2-4-13(10)18/h1-4,7,9H,5-6,8,16H2. The van der Waals surface area contributed by atoms with E-state index in [1.54, 1.807) is 0 Å². The van der Waals surface area contributed by atoms with Gasteiger partial charge in [-0.15, -0.1) is 0 Å². The number of nitrogens with zero attached hydrogens (tertiary/aromatic N) is 2. The zero-order valence-corrected chi connectivity index (χ0v) is 11.5. The zero-order valence-electron chi connectivity index (χ0n) is 9.94. The average molecular weight is 304 g/mol. The van der Waals surface area contributed by atoms with E-state index in [2.05, 4.69) is 50.1 Å². The van der Waals surface area contributed by atoms with Gasteiger partial charge in [-0.3, -0.25) is 0 Å². The first-order valence-corrected chi connectivity index (χ1v) is 6.79. The van der Waals surface area contributed by atoms with Crippen molar-refractivity contribution in [3.05, 3.63) is 52.1 Å². The minimum atomic E-state index is 0.500. The van der Waals surface area contributed by atoms with Gasteiger partial charge in [0, 0.05) is 35.0 Å². The van der Waals surface area contributed by atoms with E-state index in [1.807, 2.05) is 12.3 Å². The third-order valence-corrected chi connectivity index (χ3v) is 3.71. The summed E-state index contributed by atoms with van der Waals surface area (Å²) in [6, 6.07) is 10.5. The van der Waals surface area contributed by atoms with Crippen molar-refractivity contribution in [3.8, 4) is 0 Å². The first kappa shape index (κ1) is 11.7. The number of anilines is 2. The Bertz CT molecular complexity index is 583. The lowest BCUT2D eigenvalue weighted by atomic mass is 10.2. The third-order valence-electron chi connectivity index (χ3n) is 3.27. The number of rotatable bonds is 2. The predicted molar refractivity (Wildman–Crippen MR) is 77.0 cm³/mol. The fourth-order valence-corrected chi connectivity index (χ4v) is 2.80. The molecule has 18 heavy (non-hydrogen) atoms. The Kier molecular flexibility index (Phi) is 3.06. The van der Waals surface area contributed by atoms with Crippen molar-refractivity contribution in [1.82, 2.24) is 4.98 Å². The van der Waals surface area contributed by atoms with Gasteiger partial charge in [0.15, 0.2) is 0 Å². The molecular formula is C14H14BrN3. The molecule has 3 rings (SSSR count). The first-order valence-electron chi connectivity index (χ1n) is 5.99. The van der Waals surface area contributed by atoms with Crippen LogP contribution in [0.25, 0.3) is 0 Å². The Balaban J connectivity index is 2.07. The maximum Gasteiger partial charge on any atom is 0.137 e. The van der Waals surface area contributed by atoms with E-state index in [9.17, 15) is 0 Å². The van der Waals surface area contributed by atoms with Crippen LogP contribution in [0.5, 0.6) is 0 Å². The molecule has 0 unspecified atom stereocenters. The van der Waals surface area contributed by atoms with Crippen molar-refractivity contribution in [2.45, 2.75) is 13.0 Å². The van der Waals surface area contributed by atoms with Crippen LogP contribution in [-0.4, -0.2) is 11.5 Å². The van der Waals surface area contributed by atoms with E-state index in [4.69, 9.17) is 5.73 Å². The molecule has 0 bridgehead atoms. The maximum absolute atomic E-state index is 5.82. The first-order chi connectivity index (χ1) is 8.79. The molecule has 2 N–H and O–H groups in total. The molecule has 0 amide bonds. The van der Waals surface area contributed by atoms with Gasteiger partial charge in [-0.1, -0.05) is 18.2 Å². The Labute approximate surface area is 115 Å². The molecule has 0 radical (unpaired) electrons. The number of aromatic nitrogens is 1. The molecule has 0 atom stereocenters. The molecule has 0 spiro atoms. The van der Waals surface area contributed by atoms with Gasteiger partial charge in [-0.05, 0) is 40.0 Å². The topological polar surface area (TPSA) is 42.1 Å². The summed E-state index contributed by atoms with van der Waals surface area (Å²) in [6.07, 6.45) is 2.90. The number of pyridine rings is 1. The van der Waals surface area contributed by atoms with Gasteiger partial charge in [0.25, 0.3) is 0 Å². The minimum absolute atomic E-state index is 0.500. The highest BCUT2D eigenvalue weighted by Crippen LogP contribution is 2.35. The lowest BCUT2D eigenvalue weighted by Crippen LogP contribution is -2.18. The van der Waals surface area contributed by atoms with E-state index in [-0.39, 0.29) is 0 Å². The molecule has 4 heteroatoms. The third kappa shape index (κ3) is 1.91. The van der Waals surface area contributed by atoms with Crippen LogP contribution < -0.4 is 10.6 Å². The molecule has 1 aliphatic heterocycles. The van der Waals surface area contributed by atoms with Gasteiger partial charge in [0.1, 0.15) is 5.82 Å². The van der Waals surface area contributed by atoms with E-state index >= 15 is 0 Å². The predicted octanol–water partition coefficient (Wildman–Crippen LogP) is 3.00. The quantitative estimate of drug-likeness (QED) is 0.927. The summed E-state index contributed by atoms with van der Waals surface area (Å²) in [7, 11) is 0. The van der Waals surface area contributed by atoms with Crippen LogP contribution in [0.15, 0.2) is 41.0 Å². The van der Waals surface area contributed by atoms with Gasteiger partial charge in [0.2, 0.25) is 0 Å². The minimum Gasteiger partial charge on any atom is -0.326 e. The van der Waals surface area contributed by atoms with E-state index in [1.165, 1.54) is 11.3 Å². The van der Waals surface area contributed by atoms with Gasteiger partial charge in [-0.2, -0.15) is 0 Å². The summed E-state index contributed by atoms with van der Waals surface area (Å²) in [6.45, 7) is 1.47. The summed E-state index contributed by atoms with van der Waals surface area (Å²) >= 11 is 3.44. The molecule has 1 aliphatic rings. The summed E-state index contributed by atoms with van der Waals surface area (Å²) < 4.78 is 0.971. The number of hydrogen-bond donors (Lipinski definition) is 1. The number of hydrogen-bond acceptors (Lipinski definition) is 3. The zero-order chi connectivity index (χ0) is 12.5. The van der Waals surface area contributed by atoms with E-state index in [0.29, 0.717) is 6.54 Å². The smallest absolute Gasteiger partial charge is 0.137 e. The van der Waals surface area contributed by atoms with Gasteiger partial charge < -0.3 is 10.6 Å². The van der Waals surface area contributed by atoms with Gasteiger partial charge in [-0.25, -0.2) is 4.98 Å². The van der Waals surface area contributed by atoms with Crippen molar-refractivity contribution in [2.24, 2.45) is 5.73 Å². The fourth-order valence-electron chi connectivity index (χ4n) is 2.43. The summed E-state index contributed by atoms with van der Waals surface area (Å²) in [4.78, 5) is 6.78. The average Bonchev–Trinajstić information content (AvgIpc) is 2.82. The number of benzene rings is 1. The second-order valence-electron chi connectivity index (χ2n) is 4.37. The van der Waals surface area contributed by atoms with Crippen molar-refractivity contribution >= 4 is 27.4 Å². The highest BCUT2D eigenvalue weighted by atomic mass is 79.9. The number of para-hydroxylation sites is 1. The second kappa shape index (κ2) is 4.71. The second-order valence-corrected chi connectivity index (χ2v) is 5.29. The van der Waals surface area contributed by atoms with E-state index in [0.717, 1.165) is 28.8 Å². The van der Waals surface area contributed by atoms with Crippen molar-refractivity contribution in [1.29, 1.82) is 0 Å². The van der Waals surface area contributed by atoms with Crippen LogP contribution >= 0.6 is 15.9 Å². The summed E-state index contributed by atoms with van der Waals surface area (Å²) in [5, 5.41) is 0. The molecule has 0 saturated carbocycles. The molecule has 2 aromatic rings. The number of halogens is 1. The molecule has 0 aliphatic carbocycles. The molecule has 0 saturated heterocycles. The number of nitrogens with two attached hydrogens (primary N) is 1.